The Balaban J connectivity index is 1.60. The van der Waals surface area contributed by atoms with Crippen LogP contribution in [0.25, 0.3) is 10.8 Å². The average molecular weight is 372 g/mol. The minimum atomic E-state index is -0.648. The molecule has 1 heterocycles. The molecule has 0 radical (unpaired) electrons. The van der Waals surface area contributed by atoms with Crippen molar-refractivity contribution in [2.45, 2.75) is 24.6 Å². The second-order valence-corrected chi connectivity index (χ2v) is 7.15. The highest BCUT2D eigenvalue weighted by molar-refractivity contribution is 8.00. The number of fused-ring (bicyclic) bond motifs is 1. The zero-order valence-electron chi connectivity index (χ0n) is 14.4. The fraction of sp³-hybridized carbons (Fsp3) is 0.316. The first-order valence-electron chi connectivity index (χ1n) is 8.44. The highest BCUT2D eigenvalue weighted by Crippen LogP contribution is 2.25. The van der Waals surface area contributed by atoms with Crippen LogP contribution in [0.3, 0.4) is 0 Å². The fourth-order valence-corrected chi connectivity index (χ4v) is 3.95. The Morgan fingerprint density at radius 3 is 2.77 bits per heavy atom. The predicted octanol–water partition coefficient (Wildman–Crippen LogP) is 2.33. The first kappa shape index (κ1) is 18.3. The molecule has 2 N–H and O–H groups in total. The Labute approximate surface area is 155 Å². The molecule has 1 aliphatic heterocycles. The molecular formula is C19H20N2O4S. The Bertz CT molecular complexity index is 834. The minimum Gasteiger partial charge on any atom is -0.464 e. The highest BCUT2D eigenvalue weighted by atomic mass is 32.2. The van der Waals surface area contributed by atoms with Crippen molar-refractivity contribution in [3.63, 3.8) is 0 Å². The van der Waals surface area contributed by atoms with Crippen LogP contribution in [0.15, 0.2) is 42.5 Å². The summed E-state index contributed by atoms with van der Waals surface area (Å²) < 4.78 is 4.92. The van der Waals surface area contributed by atoms with Crippen molar-refractivity contribution in [1.29, 1.82) is 0 Å². The molecule has 3 rings (SSSR count). The summed E-state index contributed by atoms with van der Waals surface area (Å²) in [6.07, 6.45) is 0.0509. The minimum absolute atomic E-state index is 0.0509. The summed E-state index contributed by atoms with van der Waals surface area (Å²) in [5, 5.41) is 6.99. The number of nitrogens with one attached hydrogen (secondary N) is 2. The number of rotatable bonds is 5. The summed E-state index contributed by atoms with van der Waals surface area (Å²) in [4.78, 5) is 36.3. The fourth-order valence-electron chi connectivity index (χ4n) is 2.82. The van der Waals surface area contributed by atoms with E-state index in [1.807, 2.05) is 42.5 Å². The number of anilines is 1. The maximum Gasteiger partial charge on any atom is 0.329 e. The van der Waals surface area contributed by atoms with E-state index >= 15 is 0 Å². The Kier molecular flexibility index (Phi) is 5.78. The van der Waals surface area contributed by atoms with E-state index in [4.69, 9.17) is 4.74 Å². The molecule has 136 valence electrons. The van der Waals surface area contributed by atoms with Crippen LogP contribution in [0, 0.1) is 0 Å². The van der Waals surface area contributed by atoms with Gasteiger partial charge in [0.15, 0.2) is 0 Å². The van der Waals surface area contributed by atoms with Gasteiger partial charge in [-0.05, 0) is 18.4 Å². The van der Waals surface area contributed by atoms with Crippen molar-refractivity contribution in [2.24, 2.45) is 0 Å². The van der Waals surface area contributed by atoms with E-state index in [1.54, 1.807) is 6.92 Å². The zero-order chi connectivity index (χ0) is 18.5. The number of benzene rings is 2. The molecular weight excluding hydrogens is 352 g/mol. The molecule has 7 heteroatoms. The van der Waals surface area contributed by atoms with Crippen LogP contribution in [0.5, 0.6) is 0 Å². The van der Waals surface area contributed by atoms with E-state index < -0.39 is 17.3 Å². The average Bonchev–Trinajstić information content (AvgIpc) is 2.64. The number of thioether (sulfide) groups is 1. The van der Waals surface area contributed by atoms with Gasteiger partial charge in [-0.2, -0.15) is 0 Å². The number of hydrogen-bond donors (Lipinski definition) is 2. The van der Waals surface area contributed by atoms with Crippen LogP contribution in [-0.4, -0.2) is 41.4 Å². The zero-order valence-corrected chi connectivity index (χ0v) is 15.2. The van der Waals surface area contributed by atoms with Crippen LogP contribution < -0.4 is 10.6 Å². The predicted molar refractivity (Wildman–Crippen MR) is 102 cm³/mol. The maximum absolute atomic E-state index is 12.4. The van der Waals surface area contributed by atoms with Gasteiger partial charge < -0.3 is 15.4 Å². The largest absolute Gasteiger partial charge is 0.464 e. The molecule has 0 spiro atoms. The Morgan fingerprint density at radius 2 is 2.00 bits per heavy atom. The van der Waals surface area contributed by atoms with Gasteiger partial charge in [-0.1, -0.05) is 36.4 Å². The molecule has 2 aromatic carbocycles. The lowest BCUT2D eigenvalue weighted by Crippen LogP contribution is -2.51. The normalized spacial score (nSPS) is 19.7. The quantitative estimate of drug-likeness (QED) is 0.787. The smallest absolute Gasteiger partial charge is 0.329 e. The molecule has 6 nitrogen and oxygen atoms in total. The number of esters is 1. The van der Waals surface area contributed by atoms with Gasteiger partial charge in [-0.15, -0.1) is 11.8 Å². The number of ether oxygens (including phenoxy) is 1. The first-order valence-corrected chi connectivity index (χ1v) is 9.49. The van der Waals surface area contributed by atoms with Crippen LogP contribution in [-0.2, 0) is 19.1 Å². The summed E-state index contributed by atoms with van der Waals surface area (Å²) in [7, 11) is 0. The molecule has 1 saturated heterocycles. The van der Waals surface area contributed by atoms with Gasteiger partial charge in [0.2, 0.25) is 11.8 Å². The second-order valence-electron chi connectivity index (χ2n) is 5.91. The van der Waals surface area contributed by atoms with E-state index in [9.17, 15) is 14.4 Å². The van der Waals surface area contributed by atoms with Gasteiger partial charge in [-0.25, -0.2) is 4.79 Å². The monoisotopic (exact) mass is 372 g/mol. The summed E-state index contributed by atoms with van der Waals surface area (Å²) >= 11 is 1.30. The van der Waals surface area contributed by atoms with Crippen molar-refractivity contribution in [3.05, 3.63) is 42.5 Å². The molecule has 0 saturated carbocycles. The molecule has 0 bridgehead atoms. The van der Waals surface area contributed by atoms with Crippen molar-refractivity contribution in [1.82, 2.24) is 5.32 Å². The summed E-state index contributed by atoms with van der Waals surface area (Å²) in [6, 6.07) is 12.8. The van der Waals surface area contributed by atoms with Crippen LogP contribution in [0.1, 0.15) is 13.3 Å². The van der Waals surface area contributed by atoms with E-state index in [0.29, 0.717) is 5.75 Å². The first-order chi connectivity index (χ1) is 12.6. The third-order valence-corrected chi connectivity index (χ3v) is 5.39. The third-order valence-electron chi connectivity index (χ3n) is 4.08. The molecule has 0 aromatic heterocycles. The standard InChI is InChI=1S/C19H20N2O4S/c1-2-25-19(24)15-11-26-16(18(23)21-15)10-17(22)20-14-9-5-7-12-6-3-4-8-13(12)14/h3-9,15-16H,2,10-11H2,1H3,(H,20,22)(H,21,23)/t15-,16+/m1/s1. The topological polar surface area (TPSA) is 84.5 Å². The van der Waals surface area contributed by atoms with Crippen molar-refractivity contribution >= 4 is 46.0 Å². The van der Waals surface area contributed by atoms with Gasteiger partial charge in [-0.3, -0.25) is 9.59 Å². The van der Waals surface area contributed by atoms with Crippen LogP contribution in [0.2, 0.25) is 0 Å². The van der Waals surface area contributed by atoms with Crippen LogP contribution in [0.4, 0.5) is 5.69 Å². The number of carbonyl (C=O) groups excluding carboxylic acids is 3. The molecule has 2 atom stereocenters. The molecule has 0 unspecified atom stereocenters. The Morgan fingerprint density at radius 1 is 1.23 bits per heavy atom. The summed E-state index contributed by atoms with van der Waals surface area (Å²) in [5.41, 5.74) is 0.721. The van der Waals surface area contributed by atoms with Crippen LogP contribution >= 0.6 is 11.8 Å². The molecule has 1 fully saturated rings. The van der Waals surface area contributed by atoms with E-state index in [1.165, 1.54) is 11.8 Å². The lowest BCUT2D eigenvalue weighted by molar-refractivity contribution is -0.146. The van der Waals surface area contributed by atoms with E-state index in [2.05, 4.69) is 10.6 Å². The van der Waals surface area contributed by atoms with Gasteiger partial charge in [0.05, 0.1) is 11.9 Å². The van der Waals surface area contributed by atoms with Gasteiger partial charge >= 0.3 is 5.97 Å². The molecule has 2 amide bonds. The van der Waals surface area contributed by atoms with Gasteiger partial charge in [0.25, 0.3) is 0 Å². The van der Waals surface area contributed by atoms with Crippen molar-refractivity contribution < 1.29 is 19.1 Å². The van der Waals surface area contributed by atoms with Crippen molar-refractivity contribution in [2.75, 3.05) is 17.7 Å². The summed E-state index contributed by atoms with van der Waals surface area (Å²) in [6.45, 7) is 1.99. The molecule has 26 heavy (non-hydrogen) atoms. The lowest BCUT2D eigenvalue weighted by Gasteiger charge is -2.27. The van der Waals surface area contributed by atoms with Gasteiger partial charge in [0.1, 0.15) is 6.04 Å². The SMILES string of the molecule is CCOC(=O)[C@H]1CS[C@@H](CC(=O)Nc2cccc3ccccc23)C(=O)N1. The highest BCUT2D eigenvalue weighted by Gasteiger charge is 2.34. The molecule has 1 aliphatic rings. The molecule has 2 aromatic rings. The lowest BCUT2D eigenvalue weighted by atomic mass is 10.1. The van der Waals surface area contributed by atoms with E-state index in [0.717, 1.165) is 16.5 Å². The number of amides is 2. The van der Waals surface area contributed by atoms with E-state index in [-0.39, 0.29) is 24.8 Å². The van der Waals surface area contributed by atoms with Crippen molar-refractivity contribution in [3.8, 4) is 0 Å². The number of hydrogen-bond acceptors (Lipinski definition) is 5. The third kappa shape index (κ3) is 4.16. The Hall–Kier alpha value is -2.54. The number of carbonyl (C=O) groups is 3. The maximum atomic E-state index is 12.4. The summed E-state index contributed by atoms with van der Waals surface area (Å²) in [5.74, 6) is -0.584. The molecule has 0 aliphatic carbocycles. The van der Waals surface area contributed by atoms with Gasteiger partial charge in [0, 0.05) is 23.2 Å². The second kappa shape index (κ2) is 8.23.